The lowest BCUT2D eigenvalue weighted by atomic mass is 9.62. The molecule has 396 valence electrons. The van der Waals surface area contributed by atoms with Crippen LogP contribution in [-0.4, -0.2) is 50.6 Å². The molecule has 0 radical (unpaired) electrons. The SMILES string of the molecule is Cc1cc2c(cc1Cc1ccc(C(=O)NCC3CCC(CNC(N)N)CC3)o1)C(C)(C)CCC2(C)C.Cc1cc2c(cc1Cc1ccc(C(=O)NCC3CCC(CNC(N)N)CC3)o1)C(C)(C)CCC2(C)C. The number of rotatable bonds is 16. The second-order valence-electron chi connectivity index (χ2n) is 25.1. The average Bonchev–Trinajstić information content (AvgIpc) is 4.01. The van der Waals surface area contributed by atoms with Gasteiger partial charge in [-0.3, -0.25) is 20.2 Å². The molecule has 4 aliphatic carbocycles. The predicted molar refractivity (Wildman–Crippen MR) is 292 cm³/mol. The third-order valence-corrected chi connectivity index (χ3v) is 17.4. The molecule has 0 aliphatic heterocycles. The summed E-state index contributed by atoms with van der Waals surface area (Å²) >= 11 is 0. The van der Waals surface area contributed by atoms with Gasteiger partial charge in [0.25, 0.3) is 11.8 Å². The van der Waals surface area contributed by atoms with Crippen LogP contribution in [0.3, 0.4) is 0 Å². The van der Waals surface area contributed by atoms with Gasteiger partial charge >= 0.3 is 0 Å². The zero-order valence-corrected chi connectivity index (χ0v) is 45.8. The number of carbonyl (C=O) groups is 2. The van der Waals surface area contributed by atoms with Crippen LogP contribution >= 0.6 is 0 Å². The van der Waals surface area contributed by atoms with Gasteiger partial charge in [0.05, 0.1) is 0 Å². The van der Waals surface area contributed by atoms with Crippen molar-refractivity contribution in [3.05, 3.63) is 116 Å². The summed E-state index contributed by atoms with van der Waals surface area (Å²) in [6.07, 6.45) is 14.3. The van der Waals surface area contributed by atoms with Crippen LogP contribution in [0.2, 0.25) is 0 Å². The predicted octanol–water partition coefficient (Wildman–Crippen LogP) is 9.71. The van der Waals surface area contributed by atoms with E-state index >= 15 is 0 Å². The Kier molecular flexibility index (Phi) is 17.8. The number of fused-ring (bicyclic) bond motifs is 2. The van der Waals surface area contributed by atoms with E-state index in [2.05, 4.69) is 115 Å². The van der Waals surface area contributed by atoms with E-state index in [0.717, 1.165) is 76.0 Å². The fourth-order valence-electron chi connectivity index (χ4n) is 12.0. The number of amides is 2. The molecule has 8 rings (SSSR count). The van der Waals surface area contributed by atoms with Gasteiger partial charge in [0.1, 0.15) is 24.1 Å². The third kappa shape index (κ3) is 14.1. The average molecular weight is 989 g/mol. The van der Waals surface area contributed by atoms with E-state index < -0.39 is 12.6 Å². The lowest BCUT2D eigenvalue weighted by Gasteiger charge is -2.42. The highest BCUT2D eigenvalue weighted by molar-refractivity contribution is 5.92. The molecule has 0 unspecified atom stereocenters. The molecule has 12 heteroatoms. The molecule has 2 heterocycles. The van der Waals surface area contributed by atoms with Crippen molar-refractivity contribution in [2.24, 2.45) is 46.6 Å². The van der Waals surface area contributed by atoms with Crippen LogP contribution in [-0.2, 0) is 34.5 Å². The molecule has 4 aromatic rings. The first kappa shape index (κ1) is 55.5. The maximum absolute atomic E-state index is 12.8. The molecule has 4 aliphatic rings. The zero-order valence-electron chi connectivity index (χ0n) is 45.8. The summed E-state index contributed by atoms with van der Waals surface area (Å²) < 4.78 is 12.0. The van der Waals surface area contributed by atoms with Crippen molar-refractivity contribution in [2.45, 2.75) is 193 Å². The summed E-state index contributed by atoms with van der Waals surface area (Å²) in [5.41, 5.74) is 34.1. The third-order valence-electron chi connectivity index (χ3n) is 17.4. The Bertz CT molecular complexity index is 2290. The van der Waals surface area contributed by atoms with Crippen LogP contribution in [0.25, 0.3) is 0 Å². The van der Waals surface area contributed by atoms with Crippen molar-refractivity contribution in [3.8, 4) is 0 Å². The molecule has 0 spiro atoms. The molecule has 2 saturated carbocycles. The molecule has 0 bridgehead atoms. The molecule has 72 heavy (non-hydrogen) atoms. The lowest BCUT2D eigenvalue weighted by molar-refractivity contribution is 0.0904. The Labute approximate surface area is 432 Å². The molecule has 2 amide bonds. The fourth-order valence-corrected chi connectivity index (χ4v) is 12.0. The number of hydrogen-bond acceptors (Lipinski definition) is 10. The van der Waals surface area contributed by atoms with Gasteiger partial charge in [-0.25, -0.2) is 0 Å². The van der Waals surface area contributed by atoms with Crippen molar-refractivity contribution < 1.29 is 18.4 Å². The van der Waals surface area contributed by atoms with Crippen LogP contribution in [0.5, 0.6) is 0 Å². The molecular weight excluding hydrogens is 897 g/mol. The number of carbonyl (C=O) groups excluding carboxylic acids is 2. The van der Waals surface area contributed by atoms with Crippen molar-refractivity contribution in [2.75, 3.05) is 26.2 Å². The number of hydrogen-bond donors (Lipinski definition) is 8. The summed E-state index contributed by atoms with van der Waals surface area (Å²) in [5.74, 6) is 4.48. The van der Waals surface area contributed by atoms with E-state index in [-0.39, 0.29) is 33.5 Å². The van der Waals surface area contributed by atoms with Gasteiger partial charge in [-0.05, 0) is 205 Å². The molecule has 12 N–H and O–H groups in total. The van der Waals surface area contributed by atoms with Gasteiger partial charge in [-0.2, -0.15) is 0 Å². The Morgan fingerprint density at radius 2 is 0.778 bits per heavy atom. The Balaban J connectivity index is 0.000000211. The first-order valence-electron chi connectivity index (χ1n) is 27.4. The van der Waals surface area contributed by atoms with Gasteiger partial charge in [0, 0.05) is 39.0 Å². The van der Waals surface area contributed by atoms with Gasteiger partial charge in [-0.15, -0.1) is 0 Å². The fraction of sp³-hybridized carbons (Fsp3) is 0.633. The van der Waals surface area contributed by atoms with Crippen LogP contribution < -0.4 is 44.2 Å². The molecule has 2 fully saturated rings. The molecule has 2 aromatic carbocycles. The summed E-state index contributed by atoms with van der Waals surface area (Å²) in [7, 11) is 0. The van der Waals surface area contributed by atoms with Crippen LogP contribution in [0.15, 0.2) is 57.4 Å². The first-order valence-corrected chi connectivity index (χ1v) is 27.4. The van der Waals surface area contributed by atoms with E-state index in [4.69, 9.17) is 31.8 Å². The Morgan fingerprint density at radius 3 is 1.08 bits per heavy atom. The molecule has 2 aromatic heterocycles. The van der Waals surface area contributed by atoms with Crippen molar-refractivity contribution in [3.63, 3.8) is 0 Å². The minimum atomic E-state index is -0.449. The maximum Gasteiger partial charge on any atom is 0.287 e. The smallest absolute Gasteiger partial charge is 0.287 e. The topological polar surface area (TPSA) is 213 Å². The monoisotopic (exact) mass is 989 g/mol. The highest BCUT2D eigenvalue weighted by Gasteiger charge is 2.39. The van der Waals surface area contributed by atoms with Crippen molar-refractivity contribution >= 4 is 11.8 Å². The lowest BCUT2D eigenvalue weighted by Crippen LogP contribution is -2.47. The zero-order chi connectivity index (χ0) is 52.2. The molecule has 0 atom stereocenters. The van der Waals surface area contributed by atoms with E-state index in [1.807, 2.05) is 24.3 Å². The molecular formula is C60H92N8O4. The summed E-state index contributed by atoms with van der Waals surface area (Å²) in [6, 6.07) is 17.1. The van der Waals surface area contributed by atoms with Crippen LogP contribution in [0.4, 0.5) is 0 Å². The number of nitrogens with two attached hydrogens (primary N) is 4. The standard InChI is InChI=1S/2C30H46N4O2/c2*1-19-14-24-25(30(4,5)13-12-29(24,2)3)16-22(19)15-23-10-11-26(36-23)27(35)33-17-20-6-8-21(9-7-20)18-34-28(31)32/h2*10-11,14,16,20-21,28,34H,6-9,12-13,15,17-18,31-32H2,1-5H3,(H,33,35). The van der Waals surface area contributed by atoms with E-state index in [9.17, 15) is 9.59 Å². The highest BCUT2D eigenvalue weighted by Crippen LogP contribution is 2.48. The highest BCUT2D eigenvalue weighted by atomic mass is 16.4. The van der Waals surface area contributed by atoms with Gasteiger partial charge in [0.15, 0.2) is 11.5 Å². The van der Waals surface area contributed by atoms with E-state index in [1.54, 1.807) is 0 Å². The summed E-state index contributed by atoms with van der Waals surface area (Å²) in [6.45, 7) is 26.4. The Hall–Kier alpha value is -4.30. The largest absolute Gasteiger partial charge is 0.456 e. The number of benzene rings is 2. The first-order chi connectivity index (χ1) is 33.9. The molecule has 12 nitrogen and oxygen atoms in total. The summed E-state index contributed by atoms with van der Waals surface area (Å²) in [5, 5.41) is 12.4. The molecule has 0 saturated heterocycles. The normalized spacial score (nSPS) is 22.9. The van der Waals surface area contributed by atoms with Gasteiger partial charge in [0.2, 0.25) is 0 Å². The number of furan rings is 2. The quantitative estimate of drug-likeness (QED) is 0.0498. The minimum Gasteiger partial charge on any atom is -0.456 e. The van der Waals surface area contributed by atoms with Gasteiger partial charge in [-0.1, -0.05) is 79.7 Å². The van der Waals surface area contributed by atoms with Gasteiger partial charge < -0.3 is 42.4 Å². The van der Waals surface area contributed by atoms with Crippen LogP contribution in [0.1, 0.15) is 210 Å². The minimum absolute atomic E-state index is 0.121. The number of aryl methyl sites for hydroxylation is 2. The van der Waals surface area contributed by atoms with E-state index in [1.165, 1.54) is 70.2 Å². The second-order valence-corrected chi connectivity index (χ2v) is 25.1. The second kappa shape index (κ2) is 23.1. The van der Waals surface area contributed by atoms with Crippen molar-refractivity contribution in [1.82, 2.24) is 21.3 Å². The Morgan fingerprint density at radius 1 is 0.486 bits per heavy atom. The van der Waals surface area contributed by atoms with Crippen molar-refractivity contribution in [1.29, 1.82) is 0 Å². The maximum atomic E-state index is 12.8. The van der Waals surface area contributed by atoms with E-state index in [0.29, 0.717) is 61.1 Å². The summed E-state index contributed by atoms with van der Waals surface area (Å²) in [4.78, 5) is 25.5. The number of nitrogens with one attached hydrogen (secondary N) is 4. The van der Waals surface area contributed by atoms with Crippen LogP contribution in [0, 0.1) is 37.5 Å².